The minimum Gasteiger partial charge on any atom is -0.315 e. The van der Waals surface area contributed by atoms with Crippen LogP contribution in [0.5, 0.6) is 0 Å². The first kappa shape index (κ1) is 15.4. The number of sulfonamides is 1. The van der Waals surface area contributed by atoms with E-state index in [2.05, 4.69) is 0 Å². The van der Waals surface area contributed by atoms with Crippen LogP contribution in [-0.4, -0.2) is 40.1 Å². The third-order valence-corrected chi connectivity index (χ3v) is 6.22. The van der Waals surface area contributed by atoms with Crippen LogP contribution >= 0.6 is 0 Å². The number of sulfone groups is 1. The molecule has 1 aliphatic heterocycles. The van der Waals surface area contributed by atoms with Crippen LogP contribution in [0, 0.1) is 5.82 Å². The van der Waals surface area contributed by atoms with E-state index in [0.717, 1.165) is 28.8 Å². The van der Waals surface area contributed by atoms with Gasteiger partial charge in [-0.25, -0.2) is 21.2 Å². The molecule has 0 bridgehead atoms. The highest BCUT2D eigenvalue weighted by Crippen LogP contribution is 2.27. The molecule has 0 amide bonds. The van der Waals surface area contributed by atoms with Crippen molar-refractivity contribution in [1.82, 2.24) is 4.31 Å². The Bertz CT molecular complexity index is 731. The maximum absolute atomic E-state index is 13.8. The number of halogens is 1. The number of nitrogens with zero attached hydrogens (tertiary/aromatic N) is 1. The summed E-state index contributed by atoms with van der Waals surface area (Å²) in [6.07, 6.45) is 1.31. The molecule has 0 saturated carbocycles. The monoisotopic (exact) mass is 322 g/mol. The molecule has 2 N–H and O–H groups in total. The van der Waals surface area contributed by atoms with Gasteiger partial charge in [0.05, 0.1) is 11.1 Å². The molecule has 1 atom stereocenters. The summed E-state index contributed by atoms with van der Waals surface area (Å²) in [5, 5.41) is 0. The lowest BCUT2D eigenvalue weighted by Crippen LogP contribution is -2.41. The molecule has 0 radical (unpaired) electrons. The van der Waals surface area contributed by atoms with Gasteiger partial charge in [0.25, 0.3) is 0 Å². The Hall–Kier alpha value is -1.03. The van der Waals surface area contributed by atoms with Crippen molar-refractivity contribution in [3.63, 3.8) is 0 Å². The maximum atomic E-state index is 13.8. The lowest BCUT2D eigenvalue weighted by atomic mass is 10.3. The molecular weight excluding hydrogens is 307 g/mol. The molecule has 1 saturated heterocycles. The Kier molecular flexibility index (Phi) is 3.89. The molecule has 0 aliphatic carbocycles. The van der Waals surface area contributed by atoms with Gasteiger partial charge in [0.1, 0.15) is 10.7 Å². The van der Waals surface area contributed by atoms with E-state index < -0.39 is 36.7 Å². The molecule has 2 rings (SSSR count). The van der Waals surface area contributed by atoms with Crippen molar-refractivity contribution < 1.29 is 21.2 Å². The van der Waals surface area contributed by atoms with Gasteiger partial charge in [0, 0.05) is 12.8 Å². The van der Waals surface area contributed by atoms with E-state index in [4.69, 9.17) is 5.73 Å². The topological polar surface area (TPSA) is 97.5 Å². The number of rotatable bonds is 3. The second-order valence-electron chi connectivity index (χ2n) is 4.69. The van der Waals surface area contributed by atoms with E-state index in [-0.39, 0.29) is 11.4 Å². The standard InChI is InChI=1S/C11H15FN2O4S2/c1-19(15,16)8-4-5-9(12)10(7-8)20(17,18)14-6-2-3-11(14)13/h4-5,7,11H,2-3,6,13H2,1H3. The Labute approximate surface area is 117 Å². The van der Waals surface area contributed by atoms with Crippen LogP contribution < -0.4 is 5.73 Å². The van der Waals surface area contributed by atoms with Gasteiger partial charge in [-0.3, -0.25) is 0 Å². The zero-order chi connectivity index (χ0) is 15.1. The fraction of sp³-hybridized carbons (Fsp3) is 0.455. The summed E-state index contributed by atoms with van der Waals surface area (Å²) in [6.45, 7) is 0.200. The number of nitrogens with two attached hydrogens (primary N) is 1. The van der Waals surface area contributed by atoms with Crippen LogP contribution in [-0.2, 0) is 19.9 Å². The molecule has 0 spiro atoms. The van der Waals surface area contributed by atoms with Crippen molar-refractivity contribution in [3.8, 4) is 0 Å². The molecule has 1 aromatic rings. The van der Waals surface area contributed by atoms with Crippen molar-refractivity contribution in [3.05, 3.63) is 24.0 Å². The predicted molar refractivity (Wildman–Crippen MR) is 70.6 cm³/mol. The van der Waals surface area contributed by atoms with Crippen molar-refractivity contribution in [2.45, 2.75) is 28.8 Å². The lowest BCUT2D eigenvalue weighted by Gasteiger charge is -2.21. The molecule has 0 aromatic heterocycles. The van der Waals surface area contributed by atoms with Gasteiger partial charge in [-0.1, -0.05) is 0 Å². The molecule has 1 aromatic carbocycles. The zero-order valence-electron chi connectivity index (χ0n) is 10.8. The van der Waals surface area contributed by atoms with Crippen LogP contribution in [0.3, 0.4) is 0 Å². The summed E-state index contributed by atoms with van der Waals surface area (Å²) in [5.41, 5.74) is 5.68. The molecule has 1 heterocycles. The number of hydrogen-bond acceptors (Lipinski definition) is 5. The van der Waals surface area contributed by atoms with Gasteiger partial charge >= 0.3 is 0 Å². The first-order chi connectivity index (χ1) is 9.14. The van der Waals surface area contributed by atoms with Gasteiger partial charge < -0.3 is 5.73 Å². The Morgan fingerprint density at radius 3 is 2.45 bits per heavy atom. The van der Waals surface area contributed by atoms with Gasteiger partial charge in [0.2, 0.25) is 10.0 Å². The molecule has 1 aliphatic rings. The molecule has 1 fully saturated rings. The van der Waals surface area contributed by atoms with Crippen LogP contribution in [0.2, 0.25) is 0 Å². The summed E-state index contributed by atoms with van der Waals surface area (Å²) in [5.74, 6) is -0.989. The highest BCUT2D eigenvalue weighted by atomic mass is 32.2. The van der Waals surface area contributed by atoms with Crippen molar-refractivity contribution in [2.24, 2.45) is 5.73 Å². The maximum Gasteiger partial charge on any atom is 0.247 e. The zero-order valence-corrected chi connectivity index (χ0v) is 12.4. The van der Waals surface area contributed by atoms with Crippen LogP contribution in [0.4, 0.5) is 4.39 Å². The van der Waals surface area contributed by atoms with Gasteiger partial charge in [-0.2, -0.15) is 4.31 Å². The van der Waals surface area contributed by atoms with E-state index in [1.54, 1.807) is 0 Å². The van der Waals surface area contributed by atoms with Crippen molar-refractivity contribution >= 4 is 19.9 Å². The van der Waals surface area contributed by atoms with E-state index in [1.165, 1.54) is 0 Å². The SMILES string of the molecule is CS(=O)(=O)c1ccc(F)c(S(=O)(=O)N2CCCC2N)c1. The fourth-order valence-electron chi connectivity index (χ4n) is 2.10. The highest BCUT2D eigenvalue weighted by Gasteiger charge is 2.35. The number of benzene rings is 1. The fourth-order valence-corrected chi connectivity index (χ4v) is 4.50. The normalized spacial score (nSPS) is 21.2. The summed E-state index contributed by atoms with van der Waals surface area (Å²) in [6, 6.07) is 2.71. The van der Waals surface area contributed by atoms with E-state index in [0.29, 0.717) is 12.8 Å². The number of hydrogen-bond donors (Lipinski definition) is 1. The first-order valence-corrected chi connectivity index (χ1v) is 9.24. The minimum atomic E-state index is -4.13. The van der Waals surface area contributed by atoms with Crippen LogP contribution in [0.15, 0.2) is 28.0 Å². The van der Waals surface area contributed by atoms with Gasteiger partial charge in [-0.05, 0) is 31.0 Å². The van der Waals surface area contributed by atoms with E-state index in [9.17, 15) is 21.2 Å². The largest absolute Gasteiger partial charge is 0.315 e. The molecule has 112 valence electrons. The quantitative estimate of drug-likeness (QED) is 0.807. The molecule has 6 nitrogen and oxygen atoms in total. The summed E-state index contributed by atoms with van der Waals surface area (Å²) < 4.78 is 62.4. The molecular formula is C11H15FN2O4S2. The Morgan fingerprint density at radius 2 is 1.95 bits per heavy atom. The minimum absolute atomic E-state index is 0.200. The summed E-state index contributed by atoms with van der Waals surface area (Å²) >= 11 is 0. The Morgan fingerprint density at radius 1 is 1.30 bits per heavy atom. The third-order valence-electron chi connectivity index (χ3n) is 3.17. The average molecular weight is 322 g/mol. The average Bonchev–Trinajstić information content (AvgIpc) is 2.75. The third kappa shape index (κ3) is 2.71. The smallest absolute Gasteiger partial charge is 0.247 e. The molecule has 9 heteroatoms. The van der Waals surface area contributed by atoms with E-state index >= 15 is 0 Å². The second kappa shape index (κ2) is 5.06. The molecule has 20 heavy (non-hydrogen) atoms. The second-order valence-corrected chi connectivity index (χ2v) is 8.56. The summed E-state index contributed by atoms with van der Waals surface area (Å²) in [4.78, 5) is -0.900. The van der Waals surface area contributed by atoms with Crippen LogP contribution in [0.1, 0.15) is 12.8 Å². The van der Waals surface area contributed by atoms with Crippen molar-refractivity contribution in [1.29, 1.82) is 0 Å². The van der Waals surface area contributed by atoms with Gasteiger partial charge in [0.15, 0.2) is 9.84 Å². The van der Waals surface area contributed by atoms with Crippen LogP contribution in [0.25, 0.3) is 0 Å². The van der Waals surface area contributed by atoms with Crippen molar-refractivity contribution in [2.75, 3.05) is 12.8 Å². The van der Waals surface area contributed by atoms with E-state index in [1.807, 2.05) is 0 Å². The molecule has 1 unspecified atom stereocenters. The lowest BCUT2D eigenvalue weighted by molar-refractivity contribution is 0.393. The Balaban J connectivity index is 2.57. The first-order valence-electron chi connectivity index (χ1n) is 5.91. The predicted octanol–water partition coefficient (Wildman–Crippen LogP) is 0.299. The summed E-state index contributed by atoms with van der Waals surface area (Å²) in [7, 11) is -7.75. The highest BCUT2D eigenvalue weighted by molar-refractivity contribution is 7.91. The van der Waals surface area contributed by atoms with Gasteiger partial charge in [-0.15, -0.1) is 0 Å².